The number of nitro groups is 1. The zero-order valence-corrected chi connectivity index (χ0v) is 16.0. The Bertz CT molecular complexity index is 967. The number of piperazine rings is 1. The average molecular weight is 383 g/mol. The molecule has 1 aromatic heterocycles. The van der Waals surface area contributed by atoms with E-state index >= 15 is 0 Å². The first kappa shape index (κ1) is 19.4. The summed E-state index contributed by atoms with van der Waals surface area (Å²) in [6.45, 7) is 6.41. The minimum Gasteiger partial charge on any atom is -0.444 e. The molecule has 3 rings (SSSR count). The molecule has 0 atom stereocenters. The Morgan fingerprint density at radius 2 is 1.96 bits per heavy atom. The minimum atomic E-state index is -0.571. The van der Waals surface area contributed by atoms with Gasteiger partial charge in [0.05, 0.1) is 4.92 Å². The number of rotatable bonds is 4. The van der Waals surface area contributed by atoms with Crippen molar-refractivity contribution in [3.05, 3.63) is 50.8 Å². The van der Waals surface area contributed by atoms with Crippen LogP contribution in [0.1, 0.15) is 27.2 Å². The Labute approximate surface area is 162 Å². The Balaban J connectivity index is 1.88. The first-order valence-electron chi connectivity index (χ1n) is 8.85. The molecule has 2 aromatic rings. The number of nitro benzene ring substituents is 1. The van der Waals surface area contributed by atoms with Gasteiger partial charge in [-0.15, -0.1) is 0 Å². The SMILES string of the molecule is Cc1oc(NC(=O)c2ccc(N3CCN(C)CC3)c([N+](=O)[O-])c2)c(C#N)c1C. The van der Waals surface area contributed by atoms with Crippen LogP contribution in [-0.4, -0.2) is 49.0 Å². The molecule has 0 spiro atoms. The maximum Gasteiger partial charge on any atom is 0.293 e. The number of carbonyl (C=O) groups is 1. The molecule has 146 valence electrons. The Kier molecular flexibility index (Phi) is 5.33. The van der Waals surface area contributed by atoms with E-state index in [0.717, 1.165) is 13.1 Å². The summed E-state index contributed by atoms with van der Waals surface area (Å²) in [7, 11) is 2.01. The maximum atomic E-state index is 12.6. The predicted octanol–water partition coefficient (Wildman–Crippen LogP) is 2.68. The second-order valence-corrected chi connectivity index (χ2v) is 6.80. The number of anilines is 2. The molecule has 0 aliphatic carbocycles. The third kappa shape index (κ3) is 3.68. The van der Waals surface area contributed by atoms with E-state index in [-0.39, 0.29) is 22.7 Å². The Morgan fingerprint density at radius 1 is 1.29 bits per heavy atom. The third-order valence-electron chi connectivity index (χ3n) is 5.00. The molecule has 1 fully saturated rings. The van der Waals surface area contributed by atoms with Crippen LogP contribution in [0.3, 0.4) is 0 Å². The van der Waals surface area contributed by atoms with Gasteiger partial charge in [0.2, 0.25) is 5.88 Å². The quantitative estimate of drug-likeness (QED) is 0.637. The van der Waals surface area contributed by atoms with Gasteiger partial charge in [0.15, 0.2) is 0 Å². The lowest BCUT2D eigenvalue weighted by molar-refractivity contribution is -0.384. The van der Waals surface area contributed by atoms with Crippen molar-refractivity contribution < 1.29 is 14.1 Å². The monoisotopic (exact) mass is 383 g/mol. The number of nitriles is 1. The van der Waals surface area contributed by atoms with Gasteiger partial charge in [0.1, 0.15) is 23.1 Å². The van der Waals surface area contributed by atoms with Gasteiger partial charge in [-0.1, -0.05) is 0 Å². The van der Waals surface area contributed by atoms with Crippen LogP contribution in [0.2, 0.25) is 0 Å². The van der Waals surface area contributed by atoms with Gasteiger partial charge in [-0.3, -0.25) is 20.2 Å². The van der Waals surface area contributed by atoms with E-state index in [1.54, 1.807) is 26.0 Å². The van der Waals surface area contributed by atoms with Crippen molar-refractivity contribution in [3.63, 3.8) is 0 Å². The van der Waals surface area contributed by atoms with Crippen molar-refractivity contribution in [2.75, 3.05) is 43.4 Å². The largest absolute Gasteiger partial charge is 0.444 e. The third-order valence-corrected chi connectivity index (χ3v) is 5.00. The van der Waals surface area contributed by atoms with E-state index in [2.05, 4.69) is 10.2 Å². The fourth-order valence-corrected chi connectivity index (χ4v) is 3.15. The summed E-state index contributed by atoms with van der Waals surface area (Å²) >= 11 is 0. The van der Waals surface area contributed by atoms with E-state index in [1.807, 2.05) is 18.0 Å². The molecule has 1 aromatic carbocycles. The highest BCUT2D eigenvalue weighted by atomic mass is 16.6. The predicted molar refractivity (Wildman–Crippen MR) is 104 cm³/mol. The summed E-state index contributed by atoms with van der Waals surface area (Å²) < 4.78 is 5.43. The fourth-order valence-electron chi connectivity index (χ4n) is 3.15. The molecule has 1 amide bonds. The van der Waals surface area contributed by atoms with E-state index in [4.69, 9.17) is 4.42 Å². The molecule has 1 aliphatic heterocycles. The molecule has 0 bridgehead atoms. The Hall–Kier alpha value is -3.38. The van der Waals surface area contributed by atoms with Crippen LogP contribution < -0.4 is 10.2 Å². The average Bonchev–Trinajstić information content (AvgIpc) is 2.94. The van der Waals surface area contributed by atoms with Crippen molar-refractivity contribution >= 4 is 23.2 Å². The summed E-state index contributed by atoms with van der Waals surface area (Å²) in [5.74, 6) is 0.00909. The molecule has 1 aliphatic rings. The molecular weight excluding hydrogens is 362 g/mol. The number of aryl methyl sites for hydroxylation is 1. The number of carbonyl (C=O) groups excluding carboxylic acids is 1. The molecule has 9 nitrogen and oxygen atoms in total. The van der Waals surface area contributed by atoms with Crippen LogP contribution in [0.25, 0.3) is 0 Å². The molecule has 1 saturated heterocycles. The summed E-state index contributed by atoms with van der Waals surface area (Å²) in [6, 6.07) is 6.41. The number of hydrogen-bond donors (Lipinski definition) is 1. The highest BCUT2D eigenvalue weighted by Crippen LogP contribution is 2.31. The van der Waals surface area contributed by atoms with Crippen LogP contribution in [0, 0.1) is 35.3 Å². The first-order valence-corrected chi connectivity index (χ1v) is 8.85. The Morgan fingerprint density at radius 3 is 2.57 bits per heavy atom. The minimum absolute atomic E-state index is 0.0493. The van der Waals surface area contributed by atoms with Crippen molar-refractivity contribution in [2.45, 2.75) is 13.8 Å². The van der Waals surface area contributed by atoms with Crippen LogP contribution in [0.5, 0.6) is 0 Å². The van der Waals surface area contributed by atoms with E-state index in [0.29, 0.717) is 30.1 Å². The fraction of sp³-hybridized carbons (Fsp3) is 0.368. The second-order valence-electron chi connectivity index (χ2n) is 6.80. The summed E-state index contributed by atoms with van der Waals surface area (Å²) in [5.41, 5.74) is 1.39. The molecular formula is C19H21N5O4. The van der Waals surface area contributed by atoms with Crippen LogP contribution in [0.4, 0.5) is 17.3 Å². The smallest absolute Gasteiger partial charge is 0.293 e. The lowest BCUT2D eigenvalue weighted by Crippen LogP contribution is -2.44. The highest BCUT2D eigenvalue weighted by Gasteiger charge is 2.25. The van der Waals surface area contributed by atoms with E-state index in [9.17, 15) is 20.2 Å². The summed E-state index contributed by atoms with van der Waals surface area (Å²) in [5, 5.41) is 23.4. The first-order chi connectivity index (χ1) is 13.3. The lowest BCUT2D eigenvalue weighted by Gasteiger charge is -2.33. The van der Waals surface area contributed by atoms with Crippen molar-refractivity contribution in [2.24, 2.45) is 0 Å². The number of amides is 1. The summed E-state index contributed by atoms with van der Waals surface area (Å²) in [6.07, 6.45) is 0. The van der Waals surface area contributed by atoms with E-state index in [1.165, 1.54) is 6.07 Å². The highest BCUT2D eigenvalue weighted by molar-refractivity contribution is 6.05. The van der Waals surface area contributed by atoms with Gasteiger partial charge < -0.3 is 14.2 Å². The normalized spacial score (nSPS) is 14.6. The van der Waals surface area contributed by atoms with Crippen LogP contribution >= 0.6 is 0 Å². The van der Waals surface area contributed by atoms with Gasteiger partial charge in [-0.05, 0) is 33.0 Å². The molecule has 0 unspecified atom stereocenters. The van der Waals surface area contributed by atoms with E-state index < -0.39 is 10.8 Å². The van der Waals surface area contributed by atoms with Crippen LogP contribution in [0.15, 0.2) is 22.6 Å². The number of likely N-dealkylation sites (N-methyl/N-ethyl adjacent to an activating group) is 1. The zero-order chi connectivity index (χ0) is 20.4. The number of nitrogens with one attached hydrogen (secondary N) is 1. The number of hydrogen-bond acceptors (Lipinski definition) is 7. The number of nitrogens with zero attached hydrogens (tertiary/aromatic N) is 4. The standard InChI is InChI=1S/C19H21N5O4/c1-12-13(2)28-19(15(12)11-20)21-18(25)14-4-5-16(17(10-14)24(26)27)23-8-6-22(3)7-9-23/h4-5,10H,6-9H2,1-3H3,(H,21,25). The van der Waals surface area contributed by atoms with Crippen molar-refractivity contribution in [1.29, 1.82) is 5.26 Å². The van der Waals surface area contributed by atoms with Gasteiger partial charge >= 0.3 is 0 Å². The second kappa shape index (κ2) is 7.70. The number of furan rings is 1. The molecule has 1 N–H and O–H groups in total. The van der Waals surface area contributed by atoms with Gasteiger partial charge in [0, 0.05) is 43.4 Å². The van der Waals surface area contributed by atoms with Crippen LogP contribution in [-0.2, 0) is 0 Å². The van der Waals surface area contributed by atoms with Crippen molar-refractivity contribution in [1.82, 2.24) is 4.90 Å². The van der Waals surface area contributed by atoms with Gasteiger partial charge in [-0.2, -0.15) is 5.26 Å². The number of benzene rings is 1. The van der Waals surface area contributed by atoms with Gasteiger partial charge in [0.25, 0.3) is 11.6 Å². The molecule has 0 saturated carbocycles. The maximum absolute atomic E-state index is 12.6. The molecule has 28 heavy (non-hydrogen) atoms. The van der Waals surface area contributed by atoms with Gasteiger partial charge in [-0.25, -0.2) is 0 Å². The summed E-state index contributed by atoms with van der Waals surface area (Å²) in [4.78, 5) is 27.8. The molecule has 9 heteroatoms. The molecule has 0 radical (unpaired) electrons. The lowest BCUT2D eigenvalue weighted by atomic mass is 10.1. The zero-order valence-electron chi connectivity index (χ0n) is 16.0. The topological polar surface area (TPSA) is 116 Å². The molecule has 2 heterocycles. The van der Waals surface area contributed by atoms with Crippen molar-refractivity contribution in [3.8, 4) is 6.07 Å².